The molecule has 0 aromatic carbocycles. The zero-order valence-corrected chi connectivity index (χ0v) is 18.6. The van der Waals surface area contributed by atoms with Crippen LogP contribution >= 0.6 is 11.6 Å². The Balaban J connectivity index is 1.86. The van der Waals surface area contributed by atoms with E-state index in [-0.39, 0.29) is 11.1 Å². The van der Waals surface area contributed by atoms with Crippen LogP contribution in [0.1, 0.15) is 47.0 Å². The van der Waals surface area contributed by atoms with E-state index in [1.807, 2.05) is 33.8 Å². The van der Waals surface area contributed by atoms with Crippen LogP contribution in [0.5, 0.6) is 0 Å². The fourth-order valence-corrected chi connectivity index (χ4v) is 3.73. The molecule has 3 rings (SSSR count). The number of halogens is 1. The molecule has 1 atom stereocenters. The van der Waals surface area contributed by atoms with Crippen molar-refractivity contribution in [2.75, 3.05) is 18.0 Å². The zero-order valence-electron chi connectivity index (χ0n) is 17.8. The van der Waals surface area contributed by atoms with Crippen molar-refractivity contribution in [3.63, 3.8) is 0 Å². The van der Waals surface area contributed by atoms with E-state index < -0.39 is 17.7 Å². The fourth-order valence-electron chi connectivity index (χ4n) is 3.50. The first-order valence-electron chi connectivity index (χ1n) is 10.2. The molecule has 0 bridgehead atoms. The van der Waals surface area contributed by atoms with Crippen LogP contribution in [0.2, 0.25) is 5.15 Å². The van der Waals surface area contributed by atoms with Gasteiger partial charge in [0, 0.05) is 19.3 Å². The van der Waals surface area contributed by atoms with Gasteiger partial charge in [0.1, 0.15) is 17.3 Å². The third kappa shape index (κ3) is 4.92. The molecule has 0 radical (unpaired) electrons. The number of amides is 2. The maximum Gasteiger partial charge on any atom is 0.410 e. The Bertz CT molecular complexity index is 894. The normalized spacial score (nSPS) is 17.0. The number of carbonyl (C=O) groups excluding carboxylic acids is 2. The number of likely N-dealkylation sites (N-methyl/N-ethyl adjacent to an activating group) is 1. The van der Waals surface area contributed by atoms with Gasteiger partial charge in [0.25, 0.3) is 0 Å². The lowest BCUT2D eigenvalue weighted by Crippen LogP contribution is -2.54. The van der Waals surface area contributed by atoms with E-state index in [0.29, 0.717) is 25.2 Å². The van der Waals surface area contributed by atoms with Crippen molar-refractivity contribution in [2.24, 2.45) is 0 Å². The van der Waals surface area contributed by atoms with Crippen LogP contribution in [0.4, 0.5) is 10.5 Å². The van der Waals surface area contributed by atoms with Crippen molar-refractivity contribution in [1.82, 2.24) is 19.7 Å². The van der Waals surface area contributed by atoms with Gasteiger partial charge in [-0.3, -0.25) is 14.7 Å². The van der Waals surface area contributed by atoms with Crippen molar-refractivity contribution in [3.05, 3.63) is 35.9 Å². The fraction of sp³-hybridized carbons (Fsp3) is 0.524. The summed E-state index contributed by atoms with van der Waals surface area (Å²) in [7, 11) is 0. The molecule has 1 aliphatic rings. The van der Waals surface area contributed by atoms with Crippen LogP contribution in [0, 0.1) is 0 Å². The number of likely N-dealkylation sites (tertiary alicyclic amines) is 1. The predicted octanol–water partition coefficient (Wildman–Crippen LogP) is 4.06. The number of piperidine rings is 1. The summed E-state index contributed by atoms with van der Waals surface area (Å²) < 4.78 is 7.12. The minimum absolute atomic E-state index is 0.185. The molecular weight excluding hydrogens is 406 g/mol. The van der Waals surface area contributed by atoms with Crippen LogP contribution in [0.3, 0.4) is 0 Å². The SMILES string of the molecule is CCN(C(=O)C1CCCCN1C(=O)OC(C)(C)C)c1cn(-c2cccnc2)nc1Cl. The molecule has 2 amide bonds. The summed E-state index contributed by atoms with van der Waals surface area (Å²) in [6, 6.07) is 3.06. The van der Waals surface area contributed by atoms with E-state index in [9.17, 15) is 9.59 Å². The van der Waals surface area contributed by atoms with E-state index >= 15 is 0 Å². The summed E-state index contributed by atoms with van der Waals surface area (Å²) in [5.41, 5.74) is 0.616. The first-order valence-corrected chi connectivity index (χ1v) is 10.6. The van der Waals surface area contributed by atoms with Crippen molar-refractivity contribution >= 4 is 29.3 Å². The maximum atomic E-state index is 13.5. The summed E-state index contributed by atoms with van der Waals surface area (Å²) >= 11 is 6.39. The number of hydrogen-bond donors (Lipinski definition) is 0. The first kappa shape index (κ1) is 22.1. The molecule has 162 valence electrons. The van der Waals surface area contributed by atoms with E-state index in [1.54, 1.807) is 39.1 Å². The van der Waals surface area contributed by atoms with Crippen molar-refractivity contribution in [3.8, 4) is 5.69 Å². The highest BCUT2D eigenvalue weighted by atomic mass is 35.5. The Morgan fingerprint density at radius 3 is 2.73 bits per heavy atom. The Morgan fingerprint density at radius 1 is 1.33 bits per heavy atom. The number of carbonyl (C=O) groups is 2. The molecule has 0 spiro atoms. The lowest BCUT2D eigenvalue weighted by atomic mass is 10.0. The highest BCUT2D eigenvalue weighted by Gasteiger charge is 2.37. The van der Waals surface area contributed by atoms with Gasteiger partial charge in [-0.05, 0) is 59.1 Å². The molecule has 0 saturated carbocycles. The van der Waals surface area contributed by atoms with Gasteiger partial charge in [-0.25, -0.2) is 9.48 Å². The quantitative estimate of drug-likeness (QED) is 0.726. The second kappa shape index (κ2) is 9.04. The minimum Gasteiger partial charge on any atom is -0.444 e. The van der Waals surface area contributed by atoms with Gasteiger partial charge < -0.3 is 9.64 Å². The molecule has 9 heteroatoms. The van der Waals surface area contributed by atoms with Crippen molar-refractivity contribution < 1.29 is 14.3 Å². The van der Waals surface area contributed by atoms with Gasteiger partial charge >= 0.3 is 6.09 Å². The standard InChI is InChI=1S/C21H28ClN5O3/c1-5-25(17-14-27(24-18(17)22)15-9-8-11-23-13-15)19(28)16-10-6-7-12-26(16)20(29)30-21(2,3)4/h8-9,11,13-14,16H,5-7,10,12H2,1-4H3. The Morgan fingerprint density at radius 2 is 2.10 bits per heavy atom. The van der Waals surface area contributed by atoms with Gasteiger partial charge in [-0.15, -0.1) is 0 Å². The number of pyridine rings is 1. The Hall–Kier alpha value is -2.61. The highest BCUT2D eigenvalue weighted by molar-refractivity contribution is 6.32. The molecule has 1 fully saturated rings. The number of rotatable bonds is 4. The molecule has 1 unspecified atom stereocenters. The van der Waals surface area contributed by atoms with Crippen molar-refractivity contribution in [1.29, 1.82) is 0 Å². The van der Waals surface area contributed by atoms with Crippen LogP contribution in [-0.2, 0) is 9.53 Å². The third-order valence-electron chi connectivity index (χ3n) is 4.85. The molecule has 8 nitrogen and oxygen atoms in total. The number of aromatic nitrogens is 3. The van der Waals surface area contributed by atoms with Crippen LogP contribution in [-0.4, -0.2) is 56.4 Å². The highest BCUT2D eigenvalue weighted by Crippen LogP contribution is 2.29. The van der Waals surface area contributed by atoms with Crippen LogP contribution in [0.15, 0.2) is 30.7 Å². The van der Waals surface area contributed by atoms with Crippen LogP contribution in [0.25, 0.3) is 5.69 Å². The predicted molar refractivity (Wildman–Crippen MR) is 115 cm³/mol. The van der Waals surface area contributed by atoms with Gasteiger partial charge in [0.15, 0.2) is 5.15 Å². The molecule has 2 aromatic heterocycles. The number of hydrogen-bond acceptors (Lipinski definition) is 5. The minimum atomic E-state index is -0.624. The van der Waals surface area contributed by atoms with E-state index in [4.69, 9.17) is 16.3 Å². The van der Waals surface area contributed by atoms with Crippen molar-refractivity contribution in [2.45, 2.75) is 58.6 Å². The van der Waals surface area contributed by atoms with Gasteiger partial charge in [0.2, 0.25) is 5.91 Å². The second-order valence-electron chi connectivity index (χ2n) is 8.23. The average Bonchev–Trinajstić information content (AvgIpc) is 3.09. The molecular formula is C21H28ClN5O3. The molecule has 2 aromatic rings. The van der Waals surface area contributed by atoms with Gasteiger partial charge in [0.05, 0.1) is 18.1 Å². The van der Waals surface area contributed by atoms with Gasteiger partial charge in [-0.1, -0.05) is 11.6 Å². The molecule has 1 saturated heterocycles. The molecule has 30 heavy (non-hydrogen) atoms. The summed E-state index contributed by atoms with van der Waals surface area (Å²) in [5, 5.41) is 4.54. The number of nitrogens with zero attached hydrogens (tertiary/aromatic N) is 5. The summed E-state index contributed by atoms with van der Waals surface area (Å²) in [6.07, 6.45) is 6.88. The maximum absolute atomic E-state index is 13.5. The monoisotopic (exact) mass is 433 g/mol. The summed E-state index contributed by atoms with van der Waals surface area (Å²) in [4.78, 5) is 33.4. The second-order valence-corrected chi connectivity index (χ2v) is 8.59. The Labute approximate surface area is 181 Å². The van der Waals surface area contributed by atoms with E-state index in [0.717, 1.165) is 18.5 Å². The number of ether oxygens (including phenoxy) is 1. The zero-order chi connectivity index (χ0) is 21.9. The van der Waals surface area contributed by atoms with E-state index in [1.165, 1.54) is 0 Å². The summed E-state index contributed by atoms with van der Waals surface area (Å²) in [6.45, 7) is 8.21. The van der Waals surface area contributed by atoms with Gasteiger partial charge in [-0.2, -0.15) is 5.10 Å². The largest absolute Gasteiger partial charge is 0.444 e. The number of anilines is 1. The topological polar surface area (TPSA) is 80.6 Å². The molecule has 0 N–H and O–H groups in total. The smallest absolute Gasteiger partial charge is 0.410 e. The average molecular weight is 434 g/mol. The molecule has 1 aliphatic heterocycles. The summed E-state index contributed by atoms with van der Waals surface area (Å²) in [5.74, 6) is -0.185. The van der Waals surface area contributed by atoms with Crippen LogP contribution < -0.4 is 4.90 Å². The molecule has 0 aliphatic carbocycles. The molecule has 3 heterocycles. The lowest BCUT2D eigenvalue weighted by Gasteiger charge is -2.37. The lowest BCUT2D eigenvalue weighted by molar-refractivity contribution is -0.124. The Kier molecular flexibility index (Phi) is 6.65. The van der Waals surface area contributed by atoms with E-state index in [2.05, 4.69) is 10.1 Å². The first-order chi connectivity index (χ1) is 14.2. The third-order valence-corrected chi connectivity index (χ3v) is 5.12.